The number of benzene rings is 1. The molecular weight excluding hydrogens is 368 g/mol. The van der Waals surface area contributed by atoms with Crippen molar-refractivity contribution in [3.63, 3.8) is 0 Å². The van der Waals surface area contributed by atoms with E-state index >= 15 is 0 Å². The van der Waals surface area contributed by atoms with Crippen LogP contribution >= 0.6 is 0 Å². The zero-order valence-electron chi connectivity index (χ0n) is 17.2. The Hall–Kier alpha value is -2.94. The molecule has 8 nitrogen and oxygen atoms in total. The Morgan fingerprint density at radius 2 is 2.07 bits per heavy atom. The number of nitrogens with zero attached hydrogens (tertiary/aromatic N) is 5. The van der Waals surface area contributed by atoms with Crippen LogP contribution in [0.1, 0.15) is 32.3 Å². The molecule has 1 heterocycles. The van der Waals surface area contributed by atoms with Gasteiger partial charge in [0.25, 0.3) is 0 Å². The van der Waals surface area contributed by atoms with Gasteiger partial charge in [-0.2, -0.15) is 10.5 Å². The molecule has 154 valence electrons. The van der Waals surface area contributed by atoms with Crippen LogP contribution in [-0.4, -0.2) is 66.4 Å². The summed E-state index contributed by atoms with van der Waals surface area (Å²) in [6.07, 6.45) is 1.32. The summed E-state index contributed by atoms with van der Waals surface area (Å²) in [6.45, 7) is 4.79. The predicted molar refractivity (Wildman–Crippen MR) is 110 cm³/mol. The molecule has 2 N–H and O–H groups in total. The van der Waals surface area contributed by atoms with Gasteiger partial charge in [-0.1, -0.05) is 19.1 Å². The van der Waals surface area contributed by atoms with E-state index in [1.165, 1.54) is 4.90 Å². The Morgan fingerprint density at radius 3 is 2.69 bits per heavy atom. The second kappa shape index (κ2) is 10.0. The molecule has 0 aromatic heterocycles. The lowest BCUT2D eigenvalue weighted by Gasteiger charge is -2.30. The Kier molecular flexibility index (Phi) is 7.72. The first-order valence-electron chi connectivity index (χ1n) is 9.82. The molecule has 8 heteroatoms. The molecular formula is C21H28N6O2. The third-order valence-electron chi connectivity index (χ3n) is 5.23. The van der Waals surface area contributed by atoms with Crippen LogP contribution in [0.15, 0.2) is 24.3 Å². The van der Waals surface area contributed by atoms with Crippen LogP contribution in [0, 0.1) is 22.7 Å². The van der Waals surface area contributed by atoms with Gasteiger partial charge in [0.15, 0.2) is 0 Å². The maximum absolute atomic E-state index is 13.0. The van der Waals surface area contributed by atoms with Crippen molar-refractivity contribution in [1.29, 1.82) is 10.5 Å². The molecule has 2 unspecified atom stereocenters. The highest BCUT2D eigenvalue weighted by Crippen LogP contribution is 2.26. The van der Waals surface area contributed by atoms with Crippen LogP contribution in [-0.2, 0) is 9.59 Å². The van der Waals surface area contributed by atoms with Gasteiger partial charge in [0.2, 0.25) is 11.8 Å². The van der Waals surface area contributed by atoms with Gasteiger partial charge in [-0.25, -0.2) is 0 Å². The second-order valence-corrected chi connectivity index (χ2v) is 7.31. The van der Waals surface area contributed by atoms with E-state index in [4.69, 9.17) is 11.0 Å². The van der Waals surface area contributed by atoms with E-state index in [9.17, 15) is 14.9 Å². The zero-order valence-corrected chi connectivity index (χ0v) is 17.2. The molecule has 0 saturated carbocycles. The van der Waals surface area contributed by atoms with Gasteiger partial charge in [-0.15, -0.1) is 0 Å². The Bertz CT molecular complexity index is 827. The standard InChI is InChI=1S/C21H28N6O2/c1-4-10-26(15(2)12-22)20(28)17(24)14-25(3)19-9-11-27(21(19)29)18-8-6-5-7-16(18)13-23/h5-8,15,17,19H,4,9-11,14,24H2,1-3H3/t15-,17?,19?/m0/s1. The van der Waals surface area contributed by atoms with Crippen molar-refractivity contribution in [3.8, 4) is 12.1 Å². The fraction of sp³-hybridized carbons (Fsp3) is 0.524. The average molecular weight is 396 g/mol. The van der Waals surface area contributed by atoms with E-state index in [2.05, 4.69) is 12.1 Å². The third kappa shape index (κ3) is 4.92. The highest BCUT2D eigenvalue weighted by atomic mass is 16.2. The first kappa shape index (κ1) is 22.4. The van der Waals surface area contributed by atoms with Gasteiger partial charge < -0.3 is 15.5 Å². The second-order valence-electron chi connectivity index (χ2n) is 7.31. The molecule has 0 spiro atoms. The van der Waals surface area contributed by atoms with Gasteiger partial charge in [0.05, 0.1) is 29.4 Å². The number of carbonyl (C=O) groups is 2. The highest BCUT2D eigenvalue weighted by molar-refractivity contribution is 6.00. The summed E-state index contributed by atoms with van der Waals surface area (Å²) in [5, 5.41) is 18.5. The summed E-state index contributed by atoms with van der Waals surface area (Å²) in [5.74, 6) is -0.393. The van der Waals surface area contributed by atoms with Crippen LogP contribution in [0.2, 0.25) is 0 Å². The van der Waals surface area contributed by atoms with Crippen molar-refractivity contribution in [2.75, 3.05) is 31.6 Å². The maximum atomic E-state index is 13.0. The third-order valence-corrected chi connectivity index (χ3v) is 5.23. The predicted octanol–water partition coefficient (Wildman–Crippen LogP) is 1.07. The smallest absolute Gasteiger partial charge is 0.244 e. The molecule has 1 aromatic rings. The van der Waals surface area contributed by atoms with Crippen LogP contribution in [0.3, 0.4) is 0 Å². The van der Waals surface area contributed by atoms with Crippen LogP contribution in [0.25, 0.3) is 0 Å². The number of carbonyl (C=O) groups excluding carboxylic acids is 2. The quantitative estimate of drug-likeness (QED) is 0.702. The Balaban J connectivity index is 2.06. The number of amides is 2. The van der Waals surface area contributed by atoms with Crippen LogP contribution < -0.4 is 10.6 Å². The number of hydrogen-bond acceptors (Lipinski definition) is 6. The van der Waals surface area contributed by atoms with Gasteiger partial charge in [-0.3, -0.25) is 14.5 Å². The van der Waals surface area contributed by atoms with E-state index in [1.54, 1.807) is 48.0 Å². The molecule has 29 heavy (non-hydrogen) atoms. The lowest BCUT2D eigenvalue weighted by atomic mass is 10.1. The zero-order chi connectivity index (χ0) is 21.6. The minimum atomic E-state index is -0.824. The summed E-state index contributed by atoms with van der Waals surface area (Å²) in [6, 6.07) is 9.44. The van der Waals surface area contributed by atoms with E-state index in [-0.39, 0.29) is 18.4 Å². The molecule has 2 amide bonds. The monoisotopic (exact) mass is 396 g/mol. The average Bonchev–Trinajstić information content (AvgIpc) is 3.11. The molecule has 0 aliphatic carbocycles. The molecule has 1 fully saturated rings. The fourth-order valence-corrected chi connectivity index (χ4v) is 3.65. The van der Waals surface area contributed by atoms with Gasteiger partial charge >= 0.3 is 0 Å². The van der Waals surface area contributed by atoms with E-state index in [1.807, 2.05) is 6.92 Å². The summed E-state index contributed by atoms with van der Waals surface area (Å²) < 4.78 is 0. The van der Waals surface area contributed by atoms with Gasteiger partial charge in [0.1, 0.15) is 12.1 Å². The SMILES string of the molecule is CCCN(C(=O)C(N)CN(C)C1CCN(c2ccccc2C#N)C1=O)[C@@H](C)C#N. The molecule has 1 saturated heterocycles. The van der Waals surface area contributed by atoms with Gasteiger partial charge in [0, 0.05) is 19.6 Å². The number of nitrogens with two attached hydrogens (primary N) is 1. The number of para-hydroxylation sites is 1. The topological polar surface area (TPSA) is 117 Å². The Morgan fingerprint density at radius 1 is 1.38 bits per heavy atom. The number of hydrogen-bond donors (Lipinski definition) is 1. The van der Waals surface area contributed by atoms with Crippen molar-refractivity contribution in [1.82, 2.24) is 9.80 Å². The highest BCUT2D eigenvalue weighted by Gasteiger charge is 2.37. The number of nitriles is 2. The largest absolute Gasteiger partial charge is 0.326 e. The molecule has 2 rings (SSSR count). The maximum Gasteiger partial charge on any atom is 0.244 e. The van der Waals surface area contributed by atoms with Crippen molar-refractivity contribution in [2.24, 2.45) is 5.73 Å². The number of likely N-dealkylation sites (N-methyl/N-ethyl adjacent to an activating group) is 1. The summed E-state index contributed by atoms with van der Waals surface area (Å²) in [4.78, 5) is 30.6. The van der Waals surface area contributed by atoms with E-state index in [0.29, 0.717) is 30.8 Å². The molecule has 0 radical (unpaired) electrons. The molecule has 1 aliphatic heterocycles. The molecule has 1 aliphatic rings. The lowest BCUT2D eigenvalue weighted by Crippen LogP contribution is -2.53. The van der Waals surface area contributed by atoms with Crippen LogP contribution in [0.4, 0.5) is 5.69 Å². The number of rotatable bonds is 8. The molecule has 0 bridgehead atoms. The normalized spacial score (nSPS) is 18.2. The minimum absolute atomic E-state index is 0.106. The first-order valence-corrected chi connectivity index (χ1v) is 9.82. The summed E-state index contributed by atoms with van der Waals surface area (Å²) in [5.41, 5.74) is 7.20. The summed E-state index contributed by atoms with van der Waals surface area (Å²) >= 11 is 0. The van der Waals surface area contributed by atoms with Crippen molar-refractivity contribution < 1.29 is 9.59 Å². The fourth-order valence-electron chi connectivity index (χ4n) is 3.65. The minimum Gasteiger partial charge on any atom is -0.326 e. The molecule has 3 atom stereocenters. The van der Waals surface area contributed by atoms with E-state index < -0.39 is 18.1 Å². The number of anilines is 1. The van der Waals surface area contributed by atoms with Crippen LogP contribution in [0.5, 0.6) is 0 Å². The summed E-state index contributed by atoms with van der Waals surface area (Å²) in [7, 11) is 1.77. The molecule has 1 aromatic carbocycles. The van der Waals surface area contributed by atoms with Gasteiger partial charge in [-0.05, 0) is 38.9 Å². The first-order chi connectivity index (χ1) is 13.8. The van der Waals surface area contributed by atoms with E-state index in [0.717, 1.165) is 6.42 Å². The Labute approximate surface area is 172 Å². The van der Waals surface area contributed by atoms with Crippen molar-refractivity contribution in [2.45, 2.75) is 44.8 Å². The lowest BCUT2D eigenvalue weighted by molar-refractivity contribution is -0.134. The van der Waals surface area contributed by atoms with Crippen molar-refractivity contribution in [3.05, 3.63) is 29.8 Å². The van der Waals surface area contributed by atoms with Crippen molar-refractivity contribution >= 4 is 17.5 Å².